The Morgan fingerprint density at radius 2 is 2.40 bits per heavy atom. The minimum absolute atomic E-state index is 0.317. The number of carbonyl (C=O) groups is 1. The average molecular weight is 273 g/mol. The zero-order valence-corrected chi connectivity index (χ0v) is 9.40. The van der Waals surface area contributed by atoms with Crippen molar-refractivity contribution in [2.75, 3.05) is 13.2 Å². The van der Waals surface area contributed by atoms with E-state index >= 15 is 0 Å². The molecule has 1 amide bonds. The summed E-state index contributed by atoms with van der Waals surface area (Å²) in [7, 11) is 0. The topological polar surface area (TPSA) is 62.7 Å². The summed E-state index contributed by atoms with van der Waals surface area (Å²) in [5.74, 6) is 0.689. The van der Waals surface area contributed by atoms with Crippen LogP contribution < -0.4 is 4.74 Å². The van der Waals surface area contributed by atoms with Crippen LogP contribution in [0.3, 0.4) is 0 Å². The van der Waals surface area contributed by atoms with Crippen LogP contribution in [0.5, 0.6) is 5.75 Å². The summed E-state index contributed by atoms with van der Waals surface area (Å²) in [5, 5.41) is 8.90. The van der Waals surface area contributed by atoms with E-state index in [2.05, 4.69) is 20.9 Å². The molecule has 1 aliphatic rings. The lowest BCUT2D eigenvalue weighted by molar-refractivity contribution is 0.138. The molecule has 0 radical (unpaired) electrons. The number of carboxylic acid groups (broad SMARTS) is 1. The summed E-state index contributed by atoms with van der Waals surface area (Å²) in [6.45, 7) is 1.05. The van der Waals surface area contributed by atoms with Gasteiger partial charge in [-0.3, -0.25) is 4.98 Å². The van der Waals surface area contributed by atoms with Crippen LogP contribution in [0.25, 0.3) is 0 Å². The molecule has 15 heavy (non-hydrogen) atoms. The minimum Gasteiger partial charge on any atom is -0.490 e. The third-order valence-electron chi connectivity index (χ3n) is 2.17. The Bertz CT molecular complexity index is 397. The molecular formula is C9H9BrN2O3. The molecule has 0 aliphatic carbocycles. The third kappa shape index (κ3) is 2.04. The number of hydrogen-bond donors (Lipinski definition) is 1. The SMILES string of the molecule is O=C(O)N1CCOc2c(Br)cncc2C1. The molecule has 0 atom stereocenters. The predicted molar refractivity (Wildman–Crippen MR) is 55.9 cm³/mol. The molecule has 2 rings (SSSR count). The average Bonchev–Trinajstić information content (AvgIpc) is 2.40. The predicted octanol–water partition coefficient (Wildman–Crippen LogP) is 1.72. The molecule has 80 valence electrons. The number of pyridine rings is 1. The van der Waals surface area contributed by atoms with Crippen LogP contribution in [0.2, 0.25) is 0 Å². The molecule has 5 nitrogen and oxygen atoms in total. The van der Waals surface area contributed by atoms with Crippen LogP contribution in [0.15, 0.2) is 16.9 Å². The number of ether oxygens (including phenoxy) is 1. The van der Waals surface area contributed by atoms with Gasteiger partial charge >= 0.3 is 6.09 Å². The molecular weight excluding hydrogens is 264 g/mol. The molecule has 2 heterocycles. The second-order valence-electron chi connectivity index (χ2n) is 3.16. The summed E-state index contributed by atoms with van der Waals surface area (Å²) in [5.41, 5.74) is 0.782. The fourth-order valence-corrected chi connectivity index (χ4v) is 1.93. The van der Waals surface area contributed by atoms with Gasteiger partial charge in [0, 0.05) is 18.0 Å². The fraction of sp³-hybridized carbons (Fsp3) is 0.333. The van der Waals surface area contributed by atoms with E-state index in [1.807, 2.05) is 0 Å². The molecule has 0 spiro atoms. The number of hydrogen-bond acceptors (Lipinski definition) is 3. The van der Waals surface area contributed by atoms with E-state index in [4.69, 9.17) is 9.84 Å². The first kappa shape index (κ1) is 10.2. The second-order valence-corrected chi connectivity index (χ2v) is 4.02. The monoisotopic (exact) mass is 272 g/mol. The smallest absolute Gasteiger partial charge is 0.407 e. The molecule has 1 aromatic rings. The zero-order chi connectivity index (χ0) is 10.8. The van der Waals surface area contributed by atoms with E-state index in [0.29, 0.717) is 25.4 Å². The van der Waals surface area contributed by atoms with Gasteiger partial charge in [-0.2, -0.15) is 0 Å². The first-order chi connectivity index (χ1) is 7.18. The van der Waals surface area contributed by atoms with Crippen LogP contribution in [-0.2, 0) is 6.54 Å². The van der Waals surface area contributed by atoms with Gasteiger partial charge in [0.1, 0.15) is 12.4 Å². The van der Waals surface area contributed by atoms with Crippen LogP contribution in [0, 0.1) is 0 Å². The first-order valence-corrected chi connectivity index (χ1v) is 5.21. The van der Waals surface area contributed by atoms with Crippen LogP contribution in [0.1, 0.15) is 5.56 Å². The van der Waals surface area contributed by atoms with Crippen molar-refractivity contribution in [2.24, 2.45) is 0 Å². The Hall–Kier alpha value is -1.30. The van der Waals surface area contributed by atoms with Crippen molar-refractivity contribution in [3.8, 4) is 5.75 Å². The van der Waals surface area contributed by atoms with Gasteiger partial charge in [-0.25, -0.2) is 4.79 Å². The van der Waals surface area contributed by atoms with Gasteiger partial charge in [0.2, 0.25) is 0 Å². The highest BCUT2D eigenvalue weighted by Gasteiger charge is 2.20. The molecule has 1 aromatic heterocycles. The summed E-state index contributed by atoms with van der Waals surface area (Å²) in [6, 6.07) is 0. The van der Waals surface area contributed by atoms with Gasteiger partial charge in [0.05, 0.1) is 17.6 Å². The molecule has 0 bridgehead atoms. The molecule has 0 saturated heterocycles. The van der Waals surface area contributed by atoms with E-state index in [-0.39, 0.29) is 0 Å². The Labute approximate surface area is 94.8 Å². The van der Waals surface area contributed by atoms with E-state index in [1.54, 1.807) is 12.4 Å². The minimum atomic E-state index is -0.938. The van der Waals surface area contributed by atoms with Gasteiger partial charge in [0.25, 0.3) is 0 Å². The highest BCUT2D eigenvalue weighted by molar-refractivity contribution is 9.10. The first-order valence-electron chi connectivity index (χ1n) is 4.41. The van der Waals surface area contributed by atoms with Crippen molar-refractivity contribution in [3.63, 3.8) is 0 Å². The highest BCUT2D eigenvalue weighted by atomic mass is 79.9. The summed E-state index contributed by atoms with van der Waals surface area (Å²) in [6.07, 6.45) is 2.32. The maximum absolute atomic E-state index is 10.8. The second kappa shape index (κ2) is 4.06. The Morgan fingerprint density at radius 3 is 3.13 bits per heavy atom. The third-order valence-corrected chi connectivity index (χ3v) is 2.73. The number of amides is 1. The van der Waals surface area contributed by atoms with Gasteiger partial charge in [0.15, 0.2) is 0 Å². The van der Waals surface area contributed by atoms with Crippen LogP contribution >= 0.6 is 15.9 Å². The molecule has 1 aliphatic heterocycles. The number of nitrogens with zero attached hydrogens (tertiary/aromatic N) is 2. The molecule has 0 saturated carbocycles. The Balaban J connectivity index is 2.34. The lowest BCUT2D eigenvalue weighted by Gasteiger charge is -2.14. The lowest BCUT2D eigenvalue weighted by atomic mass is 10.2. The maximum Gasteiger partial charge on any atom is 0.407 e. The molecule has 1 N–H and O–H groups in total. The van der Waals surface area contributed by atoms with E-state index in [1.165, 1.54) is 4.90 Å². The molecule has 0 fully saturated rings. The Morgan fingerprint density at radius 1 is 1.60 bits per heavy atom. The van der Waals surface area contributed by atoms with E-state index < -0.39 is 6.09 Å². The zero-order valence-electron chi connectivity index (χ0n) is 7.81. The molecule has 0 unspecified atom stereocenters. The van der Waals surface area contributed by atoms with Crippen molar-refractivity contribution in [3.05, 3.63) is 22.4 Å². The molecule has 6 heteroatoms. The van der Waals surface area contributed by atoms with Gasteiger partial charge in [-0.05, 0) is 15.9 Å². The van der Waals surface area contributed by atoms with Crippen molar-refractivity contribution in [1.82, 2.24) is 9.88 Å². The summed E-state index contributed by atoms with van der Waals surface area (Å²) in [4.78, 5) is 16.1. The van der Waals surface area contributed by atoms with Crippen molar-refractivity contribution in [1.29, 1.82) is 0 Å². The number of aromatic nitrogens is 1. The molecule has 0 aromatic carbocycles. The number of fused-ring (bicyclic) bond motifs is 1. The van der Waals surface area contributed by atoms with Gasteiger partial charge in [-0.15, -0.1) is 0 Å². The highest BCUT2D eigenvalue weighted by Crippen LogP contribution is 2.30. The fourth-order valence-electron chi connectivity index (χ4n) is 1.44. The Kier molecular flexibility index (Phi) is 2.77. The van der Waals surface area contributed by atoms with Gasteiger partial charge < -0.3 is 14.7 Å². The number of rotatable bonds is 0. The summed E-state index contributed by atoms with van der Waals surface area (Å²) >= 11 is 3.32. The lowest BCUT2D eigenvalue weighted by Crippen LogP contribution is -2.30. The van der Waals surface area contributed by atoms with E-state index in [0.717, 1.165) is 10.0 Å². The van der Waals surface area contributed by atoms with Crippen molar-refractivity contribution < 1.29 is 14.6 Å². The van der Waals surface area contributed by atoms with E-state index in [9.17, 15) is 4.79 Å². The normalized spacial score (nSPS) is 15.1. The largest absolute Gasteiger partial charge is 0.490 e. The number of halogens is 1. The standard InChI is InChI=1S/C9H9BrN2O3/c10-7-4-11-3-6-5-12(9(13)14)1-2-15-8(6)7/h3-4H,1-2,5H2,(H,13,14). The van der Waals surface area contributed by atoms with Crippen LogP contribution in [0.4, 0.5) is 4.79 Å². The van der Waals surface area contributed by atoms with Crippen molar-refractivity contribution >= 4 is 22.0 Å². The van der Waals surface area contributed by atoms with Gasteiger partial charge in [-0.1, -0.05) is 0 Å². The quantitative estimate of drug-likeness (QED) is 0.781. The maximum atomic E-state index is 10.8. The summed E-state index contributed by atoms with van der Waals surface area (Å²) < 4.78 is 6.22. The van der Waals surface area contributed by atoms with Crippen LogP contribution in [-0.4, -0.2) is 34.2 Å². The van der Waals surface area contributed by atoms with Crippen molar-refractivity contribution in [2.45, 2.75) is 6.54 Å².